The van der Waals surface area contributed by atoms with Crippen molar-refractivity contribution in [2.45, 2.75) is 33.6 Å². The first kappa shape index (κ1) is 23.4. The number of fused-ring (bicyclic) bond motifs is 1. The first-order valence-corrected chi connectivity index (χ1v) is 11.4. The third-order valence-electron chi connectivity index (χ3n) is 5.71. The average Bonchev–Trinajstić information content (AvgIpc) is 3.14. The van der Waals surface area contributed by atoms with Crippen molar-refractivity contribution in [2.24, 2.45) is 5.73 Å². The van der Waals surface area contributed by atoms with Gasteiger partial charge in [0, 0.05) is 27.0 Å². The number of nitriles is 1. The molecule has 4 rings (SSSR count). The van der Waals surface area contributed by atoms with Crippen LogP contribution in [-0.4, -0.2) is 22.7 Å². The average molecular weight is 522 g/mol. The molecule has 4 N–H and O–H groups in total. The largest absolute Gasteiger partial charge is 0.483 e. The van der Waals surface area contributed by atoms with Gasteiger partial charge in [-0.2, -0.15) is 5.26 Å². The molecule has 0 fully saturated rings. The lowest BCUT2D eigenvalue weighted by atomic mass is 9.83. The van der Waals surface area contributed by atoms with Gasteiger partial charge in [0.15, 0.2) is 6.61 Å². The molecule has 1 amide bonds. The predicted octanol–water partition coefficient (Wildman–Crippen LogP) is 4.64. The topological polar surface area (TPSA) is 126 Å². The fourth-order valence-corrected chi connectivity index (χ4v) is 4.66. The maximum atomic E-state index is 12.8. The molecular weight excluding hydrogens is 498 g/mol. The Hall–Kier alpha value is -3.77. The number of aromatic amines is 1. The van der Waals surface area contributed by atoms with Crippen LogP contribution < -0.4 is 20.5 Å². The van der Waals surface area contributed by atoms with Crippen molar-refractivity contribution in [1.82, 2.24) is 10.2 Å². The summed E-state index contributed by atoms with van der Waals surface area (Å²) in [5, 5.41) is 19.8. The Labute approximate surface area is 205 Å². The Morgan fingerprint density at radius 1 is 1.26 bits per heavy atom. The van der Waals surface area contributed by atoms with Crippen LogP contribution >= 0.6 is 15.9 Å². The van der Waals surface area contributed by atoms with Crippen LogP contribution in [0.2, 0.25) is 0 Å². The molecule has 34 heavy (non-hydrogen) atoms. The van der Waals surface area contributed by atoms with Crippen LogP contribution in [0, 0.1) is 39.0 Å². The van der Waals surface area contributed by atoms with Gasteiger partial charge >= 0.3 is 0 Å². The SMILES string of the molecule is Cc1cc(C)c(NC(=O)COc2ccc(Br)cc2C2C(C#N)=C(N)Oc3n[nH]c(C)c32)c(C)c1. The molecule has 1 unspecified atom stereocenters. The van der Waals surface area contributed by atoms with Gasteiger partial charge in [0.2, 0.25) is 11.8 Å². The highest BCUT2D eigenvalue weighted by Gasteiger charge is 2.36. The molecule has 3 aromatic rings. The molecule has 0 bridgehead atoms. The van der Waals surface area contributed by atoms with Crippen molar-refractivity contribution in [3.8, 4) is 17.7 Å². The van der Waals surface area contributed by atoms with E-state index in [9.17, 15) is 10.1 Å². The summed E-state index contributed by atoms with van der Waals surface area (Å²) in [7, 11) is 0. The third-order valence-corrected chi connectivity index (χ3v) is 6.21. The number of H-pyrrole nitrogens is 1. The molecule has 2 heterocycles. The molecule has 0 radical (unpaired) electrons. The number of benzene rings is 2. The molecule has 0 spiro atoms. The smallest absolute Gasteiger partial charge is 0.262 e. The number of aromatic nitrogens is 2. The molecule has 2 aromatic carbocycles. The molecule has 1 aliphatic rings. The molecule has 0 saturated heterocycles. The minimum atomic E-state index is -0.565. The summed E-state index contributed by atoms with van der Waals surface area (Å²) in [6.45, 7) is 7.57. The normalized spacial score (nSPS) is 14.8. The second-order valence-electron chi connectivity index (χ2n) is 8.28. The Kier molecular flexibility index (Phi) is 6.35. The van der Waals surface area contributed by atoms with Crippen molar-refractivity contribution >= 4 is 27.5 Å². The zero-order valence-electron chi connectivity index (χ0n) is 19.2. The summed E-state index contributed by atoms with van der Waals surface area (Å²) in [4.78, 5) is 12.8. The number of anilines is 1. The first-order chi connectivity index (χ1) is 16.2. The molecule has 8 nitrogen and oxygen atoms in total. The van der Waals surface area contributed by atoms with E-state index in [-0.39, 0.29) is 24.0 Å². The lowest BCUT2D eigenvalue weighted by Crippen LogP contribution is -2.23. The minimum Gasteiger partial charge on any atom is -0.483 e. The number of amides is 1. The van der Waals surface area contributed by atoms with Crippen LogP contribution in [0.15, 0.2) is 46.3 Å². The van der Waals surface area contributed by atoms with E-state index in [4.69, 9.17) is 15.2 Å². The van der Waals surface area contributed by atoms with E-state index < -0.39 is 5.92 Å². The van der Waals surface area contributed by atoms with E-state index in [1.54, 1.807) is 6.07 Å². The van der Waals surface area contributed by atoms with Gasteiger partial charge in [0.1, 0.15) is 17.4 Å². The summed E-state index contributed by atoms with van der Waals surface area (Å²) < 4.78 is 12.3. The summed E-state index contributed by atoms with van der Waals surface area (Å²) in [6.07, 6.45) is 0. The van der Waals surface area contributed by atoms with Crippen molar-refractivity contribution < 1.29 is 14.3 Å². The van der Waals surface area contributed by atoms with Gasteiger partial charge in [-0.1, -0.05) is 33.6 Å². The number of allylic oxidation sites excluding steroid dienone is 1. The Bertz CT molecular complexity index is 1350. The summed E-state index contributed by atoms with van der Waals surface area (Å²) >= 11 is 3.50. The number of nitrogens with two attached hydrogens (primary N) is 1. The van der Waals surface area contributed by atoms with Gasteiger partial charge in [-0.3, -0.25) is 9.89 Å². The summed E-state index contributed by atoms with van der Waals surface area (Å²) in [6, 6.07) is 11.6. The molecule has 0 aliphatic carbocycles. The maximum absolute atomic E-state index is 12.8. The number of ether oxygens (including phenoxy) is 2. The molecule has 0 saturated carbocycles. The number of halogens is 1. The van der Waals surface area contributed by atoms with E-state index in [0.717, 1.165) is 32.5 Å². The van der Waals surface area contributed by atoms with E-state index in [1.165, 1.54) is 0 Å². The lowest BCUT2D eigenvalue weighted by Gasteiger charge is -2.25. The minimum absolute atomic E-state index is 0.0134. The number of carbonyl (C=O) groups excluding carboxylic acids is 1. The molecule has 1 aliphatic heterocycles. The quantitative estimate of drug-likeness (QED) is 0.448. The number of rotatable bonds is 5. The predicted molar refractivity (Wildman–Crippen MR) is 132 cm³/mol. The fraction of sp³-hybridized carbons (Fsp3) is 0.240. The highest BCUT2D eigenvalue weighted by atomic mass is 79.9. The number of nitrogens with zero attached hydrogens (tertiary/aromatic N) is 2. The third kappa shape index (κ3) is 4.37. The van der Waals surface area contributed by atoms with Crippen LogP contribution in [0.25, 0.3) is 0 Å². The zero-order chi connectivity index (χ0) is 24.6. The number of carbonyl (C=O) groups is 1. The highest BCUT2D eigenvalue weighted by molar-refractivity contribution is 9.10. The van der Waals surface area contributed by atoms with Gasteiger partial charge in [-0.25, -0.2) is 0 Å². The fourth-order valence-electron chi connectivity index (χ4n) is 4.28. The second kappa shape index (κ2) is 9.23. The molecule has 9 heteroatoms. The Morgan fingerprint density at radius 3 is 2.65 bits per heavy atom. The van der Waals surface area contributed by atoms with Crippen molar-refractivity contribution in [2.75, 3.05) is 11.9 Å². The second-order valence-corrected chi connectivity index (χ2v) is 9.20. The lowest BCUT2D eigenvalue weighted by molar-refractivity contribution is -0.118. The maximum Gasteiger partial charge on any atom is 0.262 e. The monoisotopic (exact) mass is 521 g/mol. The molecule has 1 aromatic heterocycles. The number of aryl methyl sites for hydroxylation is 4. The van der Waals surface area contributed by atoms with Crippen LogP contribution in [0.3, 0.4) is 0 Å². The van der Waals surface area contributed by atoms with Gasteiger partial charge in [0.05, 0.1) is 5.92 Å². The van der Waals surface area contributed by atoms with Crippen molar-refractivity contribution in [1.29, 1.82) is 5.26 Å². The molecular formula is C25H24BrN5O3. The highest BCUT2D eigenvalue weighted by Crippen LogP contribution is 2.46. The number of hydrogen-bond donors (Lipinski definition) is 3. The van der Waals surface area contributed by atoms with Crippen LogP contribution in [0.4, 0.5) is 5.69 Å². The Morgan fingerprint density at radius 2 is 1.97 bits per heavy atom. The summed E-state index contributed by atoms with van der Waals surface area (Å²) in [5.74, 6) is -0.0977. The van der Waals surface area contributed by atoms with Crippen molar-refractivity contribution in [3.05, 3.63) is 79.8 Å². The standard InChI is InChI=1S/C25H24BrN5O3/c1-12-7-13(2)23(14(3)8-12)29-20(32)11-33-19-6-5-16(26)9-17(19)22-18(10-27)24(28)34-25-21(22)15(4)30-31-25/h5-9,22H,11,28H2,1-4H3,(H,29,32)(H,30,31). The first-order valence-electron chi connectivity index (χ1n) is 10.6. The Balaban J connectivity index is 1.65. The van der Waals surface area contributed by atoms with Crippen LogP contribution in [0.5, 0.6) is 11.6 Å². The number of nitrogens with one attached hydrogen (secondary N) is 2. The van der Waals surface area contributed by atoms with Gasteiger partial charge in [-0.05, 0) is 57.0 Å². The van der Waals surface area contributed by atoms with Crippen molar-refractivity contribution in [3.63, 3.8) is 0 Å². The summed E-state index contributed by atoms with van der Waals surface area (Å²) in [5.41, 5.74) is 12.3. The van der Waals surface area contributed by atoms with E-state index >= 15 is 0 Å². The van der Waals surface area contributed by atoms with E-state index in [1.807, 2.05) is 52.0 Å². The molecule has 174 valence electrons. The number of hydrogen-bond acceptors (Lipinski definition) is 6. The van der Waals surface area contributed by atoms with Gasteiger partial charge in [-0.15, -0.1) is 5.10 Å². The molecule has 1 atom stereocenters. The zero-order valence-corrected chi connectivity index (χ0v) is 20.8. The van der Waals surface area contributed by atoms with E-state index in [0.29, 0.717) is 22.8 Å². The van der Waals surface area contributed by atoms with Crippen LogP contribution in [-0.2, 0) is 4.79 Å². The van der Waals surface area contributed by atoms with Gasteiger partial charge < -0.3 is 20.5 Å². The van der Waals surface area contributed by atoms with Gasteiger partial charge in [0.25, 0.3) is 5.91 Å². The van der Waals surface area contributed by atoms with E-state index in [2.05, 4.69) is 37.5 Å². The van der Waals surface area contributed by atoms with Crippen LogP contribution in [0.1, 0.15) is 39.4 Å².